The Morgan fingerprint density at radius 1 is 1.09 bits per heavy atom. The first-order valence-corrected chi connectivity index (χ1v) is 7.77. The summed E-state index contributed by atoms with van der Waals surface area (Å²) in [6, 6.07) is 15.0. The quantitative estimate of drug-likeness (QED) is 0.851. The minimum atomic E-state index is -0.191. The lowest BCUT2D eigenvalue weighted by atomic mass is 10.1. The van der Waals surface area contributed by atoms with Gasteiger partial charge in [0.25, 0.3) is 5.91 Å². The average molecular weight is 311 g/mol. The van der Waals surface area contributed by atoms with Gasteiger partial charge in [-0.2, -0.15) is 0 Å². The molecule has 1 saturated heterocycles. The van der Waals surface area contributed by atoms with E-state index in [9.17, 15) is 4.79 Å². The average Bonchev–Trinajstić information content (AvgIpc) is 2.58. The molecule has 0 bridgehead atoms. The molecule has 5 nitrogen and oxygen atoms in total. The third-order valence-electron chi connectivity index (χ3n) is 3.93. The molecule has 1 heterocycles. The Morgan fingerprint density at radius 2 is 1.78 bits per heavy atom. The molecule has 23 heavy (non-hydrogen) atoms. The molecule has 3 rings (SSSR count). The van der Waals surface area contributed by atoms with Gasteiger partial charge in [0.05, 0.1) is 18.8 Å². The number of amides is 1. The van der Waals surface area contributed by atoms with Crippen LogP contribution in [-0.4, -0.2) is 37.1 Å². The first-order valence-electron chi connectivity index (χ1n) is 7.77. The van der Waals surface area contributed by atoms with Crippen molar-refractivity contribution in [2.45, 2.75) is 6.54 Å². The molecule has 1 amide bonds. The van der Waals surface area contributed by atoms with E-state index in [2.05, 4.69) is 10.2 Å². The van der Waals surface area contributed by atoms with Crippen molar-refractivity contribution in [1.29, 1.82) is 0 Å². The van der Waals surface area contributed by atoms with Gasteiger partial charge in [-0.15, -0.1) is 0 Å². The number of nitrogens with zero attached hydrogens (tertiary/aromatic N) is 1. The van der Waals surface area contributed by atoms with Gasteiger partial charge in [0.2, 0.25) is 0 Å². The maximum atomic E-state index is 12.2. The lowest BCUT2D eigenvalue weighted by Crippen LogP contribution is -2.35. The number of nitrogen functional groups attached to an aromatic ring is 1. The van der Waals surface area contributed by atoms with Crippen molar-refractivity contribution in [2.24, 2.45) is 0 Å². The third-order valence-corrected chi connectivity index (χ3v) is 3.93. The molecule has 0 aromatic heterocycles. The Bertz CT molecular complexity index is 664. The summed E-state index contributed by atoms with van der Waals surface area (Å²) in [6.45, 7) is 4.43. The maximum Gasteiger partial charge on any atom is 0.257 e. The van der Waals surface area contributed by atoms with Gasteiger partial charge in [0.15, 0.2) is 0 Å². The standard InChI is InChI=1S/C18H21N3O2/c19-17-4-2-1-3-16(17)18(22)20-15-7-5-14(6-8-15)13-21-9-11-23-12-10-21/h1-8H,9-13,19H2,(H,20,22). The number of carbonyl (C=O) groups excluding carboxylic acids is 1. The number of ether oxygens (including phenoxy) is 1. The molecule has 0 spiro atoms. The number of rotatable bonds is 4. The number of para-hydroxylation sites is 1. The molecular formula is C18H21N3O2. The minimum Gasteiger partial charge on any atom is -0.398 e. The highest BCUT2D eigenvalue weighted by Crippen LogP contribution is 2.16. The Labute approximate surface area is 136 Å². The van der Waals surface area contributed by atoms with Gasteiger partial charge in [-0.05, 0) is 29.8 Å². The molecular weight excluding hydrogens is 290 g/mol. The maximum absolute atomic E-state index is 12.2. The van der Waals surface area contributed by atoms with Crippen LogP contribution in [0, 0.1) is 0 Å². The van der Waals surface area contributed by atoms with E-state index in [0.717, 1.165) is 38.5 Å². The number of morpholine rings is 1. The summed E-state index contributed by atoms with van der Waals surface area (Å²) >= 11 is 0. The summed E-state index contributed by atoms with van der Waals surface area (Å²) in [4.78, 5) is 14.6. The lowest BCUT2D eigenvalue weighted by Gasteiger charge is -2.26. The van der Waals surface area contributed by atoms with Crippen molar-refractivity contribution in [3.63, 3.8) is 0 Å². The van der Waals surface area contributed by atoms with Gasteiger partial charge in [0.1, 0.15) is 0 Å². The second-order valence-corrected chi connectivity index (χ2v) is 5.63. The summed E-state index contributed by atoms with van der Waals surface area (Å²) in [5.41, 5.74) is 8.79. The molecule has 0 unspecified atom stereocenters. The van der Waals surface area contributed by atoms with E-state index in [1.54, 1.807) is 18.2 Å². The molecule has 0 aliphatic carbocycles. The third kappa shape index (κ3) is 4.09. The fraction of sp³-hybridized carbons (Fsp3) is 0.278. The lowest BCUT2D eigenvalue weighted by molar-refractivity contribution is 0.0342. The molecule has 1 aliphatic heterocycles. The van der Waals surface area contributed by atoms with Gasteiger partial charge in [-0.25, -0.2) is 0 Å². The van der Waals surface area contributed by atoms with Crippen LogP contribution in [0.3, 0.4) is 0 Å². The van der Waals surface area contributed by atoms with Gasteiger partial charge >= 0.3 is 0 Å². The van der Waals surface area contributed by atoms with Crippen molar-refractivity contribution in [3.8, 4) is 0 Å². The van der Waals surface area contributed by atoms with Crippen LogP contribution in [0.25, 0.3) is 0 Å². The molecule has 2 aromatic rings. The van der Waals surface area contributed by atoms with Crippen molar-refractivity contribution in [1.82, 2.24) is 4.90 Å². The van der Waals surface area contributed by atoms with Crippen molar-refractivity contribution >= 4 is 17.3 Å². The number of hydrogen-bond donors (Lipinski definition) is 2. The van der Waals surface area contributed by atoms with Crippen LogP contribution < -0.4 is 11.1 Å². The Kier molecular flexibility index (Phi) is 4.90. The highest BCUT2D eigenvalue weighted by molar-refractivity contribution is 6.07. The predicted molar refractivity (Wildman–Crippen MR) is 91.3 cm³/mol. The summed E-state index contributed by atoms with van der Waals surface area (Å²) in [6.07, 6.45) is 0. The van der Waals surface area contributed by atoms with Crippen molar-refractivity contribution < 1.29 is 9.53 Å². The molecule has 1 aliphatic rings. The van der Waals surface area contributed by atoms with E-state index in [1.807, 2.05) is 30.3 Å². The van der Waals surface area contributed by atoms with Crippen LogP contribution in [0.5, 0.6) is 0 Å². The highest BCUT2D eigenvalue weighted by Gasteiger charge is 2.11. The largest absolute Gasteiger partial charge is 0.398 e. The number of nitrogens with one attached hydrogen (secondary N) is 1. The van der Waals surface area contributed by atoms with Crippen LogP contribution in [-0.2, 0) is 11.3 Å². The van der Waals surface area contributed by atoms with E-state index < -0.39 is 0 Å². The minimum absolute atomic E-state index is 0.191. The number of benzene rings is 2. The number of nitrogens with two attached hydrogens (primary N) is 1. The first kappa shape index (κ1) is 15.5. The van der Waals surface area contributed by atoms with Gasteiger partial charge in [-0.1, -0.05) is 24.3 Å². The van der Waals surface area contributed by atoms with Crippen LogP contribution in [0.15, 0.2) is 48.5 Å². The molecule has 1 fully saturated rings. The van der Waals surface area contributed by atoms with Crippen LogP contribution in [0.1, 0.15) is 15.9 Å². The summed E-state index contributed by atoms with van der Waals surface area (Å²) < 4.78 is 5.35. The van der Waals surface area contributed by atoms with Gasteiger partial charge in [-0.3, -0.25) is 9.69 Å². The molecule has 0 saturated carbocycles. The van der Waals surface area contributed by atoms with Gasteiger partial charge < -0.3 is 15.8 Å². The Balaban J connectivity index is 1.61. The Morgan fingerprint density at radius 3 is 2.48 bits per heavy atom. The van der Waals surface area contributed by atoms with Crippen LogP contribution in [0.4, 0.5) is 11.4 Å². The van der Waals surface area contributed by atoms with E-state index in [0.29, 0.717) is 11.3 Å². The monoisotopic (exact) mass is 311 g/mol. The predicted octanol–water partition coefficient (Wildman–Crippen LogP) is 2.35. The first-order chi connectivity index (χ1) is 11.2. The molecule has 120 valence electrons. The van der Waals surface area contributed by atoms with Crippen LogP contribution >= 0.6 is 0 Å². The molecule has 0 atom stereocenters. The number of carbonyl (C=O) groups is 1. The zero-order valence-electron chi connectivity index (χ0n) is 13.0. The van der Waals surface area contributed by atoms with Gasteiger partial charge in [0, 0.05) is 31.0 Å². The number of anilines is 2. The molecule has 0 radical (unpaired) electrons. The smallest absolute Gasteiger partial charge is 0.257 e. The van der Waals surface area contributed by atoms with Crippen LogP contribution in [0.2, 0.25) is 0 Å². The molecule has 2 aromatic carbocycles. The zero-order chi connectivity index (χ0) is 16.1. The fourth-order valence-corrected chi connectivity index (χ4v) is 2.61. The highest BCUT2D eigenvalue weighted by atomic mass is 16.5. The van der Waals surface area contributed by atoms with Crippen molar-refractivity contribution in [3.05, 3.63) is 59.7 Å². The number of hydrogen-bond acceptors (Lipinski definition) is 4. The summed E-state index contributed by atoms with van der Waals surface area (Å²) in [5, 5.41) is 2.88. The normalized spacial score (nSPS) is 15.3. The summed E-state index contributed by atoms with van der Waals surface area (Å²) in [7, 11) is 0. The fourth-order valence-electron chi connectivity index (χ4n) is 2.61. The summed E-state index contributed by atoms with van der Waals surface area (Å²) in [5.74, 6) is -0.191. The van der Waals surface area contributed by atoms with E-state index >= 15 is 0 Å². The van der Waals surface area contributed by atoms with E-state index in [4.69, 9.17) is 10.5 Å². The van der Waals surface area contributed by atoms with E-state index in [-0.39, 0.29) is 5.91 Å². The molecule has 5 heteroatoms. The Hall–Kier alpha value is -2.37. The second-order valence-electron chi connectivity index (χ2n) is 5.63. The zero-order valence-corrected chi connectivity index (χ0v) is 13.0. The topological polar surface area (TPSA) is 67.6 Å². The molecule has 3 N–H and O–H groups in total. The van der Waals surface area contributed by atoms with E-state index in [1.165, 1.54) is 5.56 Å². The van der Waals surface area contributed by atoms with Crippen molar-refractivity contribution in [2.75, 3.05) is 37.4 Å². The SMILES string of the molecule is Nc1ccccc1C(=O)Nc1ccc(CN2CCOCC2)cc1. The second kappa shape index (κ2) is 7.26.